The molecule has 1 heterocycles. The lowest BCUT2D eigenvalue weighted by atomic mass is 10.2. The van der Waals surface area contributed by atoms with Crippen molar-refractivity contribution in [2.45, 2.75) is 36.4 Å². The summed E-state index contributed by atoms with van der Waals surface area (Å²) in [4.78, 5) is 11.9. The van der Waals surface area contributed by atoms with Crippen LogP contribution in [0, 0.1) is 6.92 Å². The number of rotatable bonds is 3. The van der Waals surface area contributed by atoms with Crippen molar-refractivity contribution in [3.63, 3.8) is 0 Å². The highest BCUT2D eigenvalue weighted by Gasteiger charge is 2.39. The van der Waals surface area contributed by atoms with Gasteiger partial charge in [0.15, 0.2) is 0 Å². The zero-order chi connectivity index (χ0) is 12.8. The molecule has 0 aromatic carbocycles. The molecule has 1 aromatic rings. The zero-order valence-electron chi connectivity index (χ0n) is 9.41. The van der Waals surface area contributed by atoms with Crippen LogP contribution >= 0.6 is 22.0 Å². The van der Waals surface area contributed by atoms with Crippen LogP contribution < -0.4 is 5.32 Å². The molecule has 0 saturated heterocycles. The maximum absolute atomic E-state index is 11.9. The Morgan fingerprint density at radius 2 is 2.12 bits per heavy atom. The predicted octanol–water partition coefficient (Wildman–Crippen LogP) is 2.27. The molecule has 2 rings (SSSR count). The van der Waals surface area contributed by atoms with E-state index in [1.54, 1.807) is 6.92 Å². The summed E-state index contributed by atoms with van der Waals surface area (Å²) in [5.74, 6) is -0.231. The molecule has 7 heteroatoms. The van der Waals surface area contributed by atoms with Gasteiger partial charge in [-0.1, -0.05) is 0 Å². The van der Waals surface area contributed by atoms with Crippen molar-refractivity contribution in [2.75, 3.05) is 0 Å². The SMILES string of the molecule is Cc1c(C(=O)NC2(C)CC2)csc1S(=O)(=O)Cl. The van der Waals surface area contributed by atoms with Crippen molar-refractivity contribution in [2.24, 2.45) is 0 Å². The molecule has 1 aromatic heterocycles. The number of amides is 1. The van der Waals surface area contributed by atoms with Crippen molar-refractivity contribution in [1.82, 2.24) is 5.32 Å². The number of hydrogen-bond acceptors (Lipinski definition) is 4. The van der Waals surface area contributed by atoms with E-state index in [4.69, 9.17) is 10.7 Å². The van der Waals surface area contributed by atoms with E-state index in [-0.39, 0.29) is 15.7 Å². The minimum atomic E-state index is -3.76. The lowest BCUT2D eigenvalue weighted by Gasteiger charge is -2.10. The molecule has 0 unspecified atom stereocenters. The molecule has 94 valence electrons. The summed E-state index contributed by atoms with van der Waals surface area (Å²) in [7, 11) is 1.51. The summed E-state index contributed by atoms with van der Waals surface area (Å²) >= 11 is 0.977. The van der Waals surface area contributed by atoms with Crippen LogP contribution in [0.15, 0.2) is 9.59 Å². The Kier molecular flexibility index (Phi) is 3.00. The van der Waals surface area contributed by atoms with Crippen LogP contribution in [0.4, 0.5) is 0 Å². The van der Waals surface area contributed by atoms with Gasteiger partial charge in [-0.3, -0.25) is 4.79 Å². The highest BCUT2D eigenvalue weighted by atomic mass is 35.7. The Morgan fingerprint density at radius 1 is 1.53 bits per heavy atom. The molecule has 0 spiro atoms. The van der Waals surface area contributed by atoms with E-state index in [1.807, 2.05) is 6.92 Å². The minimum Gasteiger partial charge on any atom is -0.347 e. The van der Waals surface area contributed by atoms with E-state index >= 15 is 0 Å². The quantitative estimate of drug-likeness (QED) is 0.870. The van der Waals surface area contributed by atoms with Crippen LogP contribution in [0.25, 0.3) is 0 Å². The van der Waals surface area contributed by atoms with Crippen LogP contribution in [-0.2, 0) is 9.05 Å². The van der Waals surface area contributed by atoms with E-state index in [9.17, 15) is 13.2 Å². The van der Waals surface area contributed by atoms with Gasteiger partial charge in [0.1, 0.15) is 4.21 Å². The summed E-state index contributed by atoms with van der Waals surface area (Å²) in [5, 5.41) is 4.42. The first kappa shape index (κ1) is 12.9. The maximum atomic E-state index is 11.9. The Morgan fingerprint density at radius 3 is 2.53 bits per heavy atom. The number of halogens is 1. The molecule has 1 N–H and O–H groups in total. The van der Waals surface area contributed by atoms with E-state index < -0.39 is 9.05 Å². The third kappa shape index (κ3) is 2.64. The van der Waals surface area contributed by atoms with Crippen molar-refractivity contribution in [3.05, 3.63) is 16.5 Å². The second kappa shape index (κ2) is 3.96. The van der Waals surface area contributed by atoms with Gasteiger partial charge in [-0.15, -0.1) is 11.3 Å². The van der Waals surface area contributed by atoms with Gasteiger partial charge in [-0.25, -0.2) is 8.42 Å². The predicted molar refractivity (Wildman–Crippen MR) is 67.2 cm³/mol. The molecule has 0 aliphatic heterocycles. The summed E-state index contributed by atoms with van der Waals surface area (Å²) in [6.07, 6.45) is 1.92. The molecule has 1 fully saturated rings. The first-order valence-corrected chi connectivity index (χ1v) is 8.27. The summed E-state index contributed by atoms with van der Waals surface area (Å²) in [5.41, 5.74) is 0.694. The number of thiophene rings is 1. The minimum absolute atomic E-state index is 0.0465. The van der Waals surface area contributed by atoms with Gasteiger partial charge in [0.2, 0.25) is 0 Å². The highest BCUT2D eigenvalue weighted by Crippen LogP contribution is 2.35. The largest absolute Gasteiger partial charge is 0.347 e. The third-order valence-corrected chi connectivity index (χ3v) is 6.18. The first-order chi connectivity index (χ1) is 7.73. The van der Waals surface area contributed by atoms with E-state index in [2.05, 4.69) is 5.32 Å². The molecular weight excluding hydrogens is 282 g/mol. The molecule has 17 heavy (non-hydrogen) atoms. The summed E-state index contributed by atoms with van der Waals surface area (Å²) in [6, 6.07) is 0. The number of carbonyl (C=O) groups is 1. The average Bonchev–Trinajstić information content (AvgIpc) is 2.75. The Balaban J connectivity index is 2.28. The van der Waals surface area contributed by atoms with Crippen LogP contribution in [0.3, 0.4) is 0 Å². The lowest BCUT2D eigenvalue weighted by molar-refractivity contribution is 0.0935. The fourth-order valence-corrected chi connectivity index (χ4v) is 4.07. The average molecular weight is 294 g/mol. The van der Waals surface area contributed by atoms with Crippen LogP contribution in [0.1, 0.15) is 35.7 Å². The van der Waals surface area contributed by atoms with E-state index in [0.717, 1.165) is 24.2 Å². The maximum Gasteiger partial charge on any atom is 0.271 e. The van der Waals surface area contributed by atoms with E-state index in [1.165, 1.54) is 5.38 Å². The van der Waals surface area contributed by atoms with Gasteiger partial charge in [-0.05, 0) is 32.3 Å². The molecule has 1 aliphatic carbocycles. The number of nitrogens with one attached hydrogen (secondary N) is 1. The van der Waals surface area contributed by atoms with Gasteiger partial charge < -0.3 is 5.32 Å². The molecule has 1 amide bonds. The lowest BCUT2D eigenvalue weighted by Crippen LogP contribution is -2.34. The molecule has 4 nitrogen and oxygen atoms in total. The monoisotopic (exact) mass is 293 g/mol. The zero-order valence-corrected chi connectivity index (χ0v) is 11.8. The smallest absolute Gasteiger partial charge is 0.271 e. The van der Waals surface area contributed by atoms with Crippen molar-refractivity contribution >= 4 is 37.0 Å². The molecule has 0 bridgehead atoms. The molecule has 1 aliphatic rings. The van der Waals surface area contributed by atoms with Crippen molar-refractivity contribution < 1.29 is 13.2 Å². The van der Waals surface area contributed by atoms with Gasteiger partial charge in [0.05, 0.1) is 5.56 Å². The normalized spacial score (nSPS) is 17.8. The number of hydrogen-bond donors (Lipinski definition) is 1. The Bertz CT molecular complexity index is 572. The Labute approximate surface area is 108 Å². The van der Waals surface area contributed by atoms with Crippen LogP contribution in [-0.4, -0.2) is 19.9 Å². The van der Waals surface area contributed by atoms with E-state index in [0.29, 0.717) is 11.1 Å². The van der Waals surface area contributed by atoms with Gasteiger partial charge >= 0.3 is 0 Å². The molecular formula is C10H12ClNO3S2. The Hall–Kier alpha value is -0.590. The van der Waals surface area contributed by atoms with Gasteiger partial charge in [0.25, 0.3) is 15.0 Å². The van der Waals surface area contributed by atoms with Crippen molar-refractivity contribution in [1.29, 1.82) is 0 Å². The van der Waals surface area contributed by atoms with Gasteiger partial charge in [-0.2, -0.15) is 0 Å². The fraction of sp³-hybridized carbons (Fsp3) is 0.500. The summed E-state index contributed by atoms with van der Waals surface area (Å²) < 4.78 is 22.5. The highest BCUT2D eigenvalue weighted by molar-refractivity contribution is 8.15. The molecule has 0 atom stereocenters. The number of carbonyl (C=O) groups excluding carboxylic acids is 1. The molecule has 1 saturated carbocycles. The topological polar surface area (TPSA) is 63.2 Å². The van der Waals surface area contributed by atoms with Crippen molar-refractivity contribution in [3.8, 4) is 0 Å². The van der Waals surface area contributed by atoms with Gasteiger partial charge in [0, 0.05) is 21.6 Å². The third-order valence-electron chi connectivity index (χ3n) is 2.88. The second-order valence-electron chi connectivity index (χ2n) is 4.51. The van der Waals surface area contributed by atoms with Crippen LogP contribution in [0.5, 0.6) is 0 Å². The first-order valence-electron chi connectivity index (χ1n) is 5.08. The standard InChI is InChI=1S/C10H12ClNO3S2/c1-6-7(5-16-9(6)17(11,14)15)8(13)12-10(2)3-4-10/h5H,3-4H2,1-2H3,(H,12,13). The second-order valence-corrected chi connectivity index (χ2v) is 8.16. The molecule has 0 radical (unpaired) electrons. The van der Waals surface area contributed by atoms with Crippen LogP contribution in [0.2, 0.25) is 0 Å². The fourth-order valence-electron chi connectivity index (χ4n) is 1.52. The summed E-state index contributed by atoms with van der Waals surface area (Å²) in [6.45, 7) is 3.56.